The number of rotatable bonds is 3. The van der Waals surface area contributed by atoms with Crippen LogP contribution in [0.2, 0.25) is 0 Å². The van der Waals surface area contributed by atoms with Crippen molar-refractivity contribution in [2.45, 2.75) is 6.54 Å². The molecule has 0 saturated carbocycles. The van der Waals surface area contributed by atoms with Crippen molar-refractivity contribution in [2.75, 3.05) is 4.90 Å². The quantitative estimate of drug-likeness (QED) is 0.228. The summed E-state index contributed by atoms with van der Waals surface area (Å²) in [6, 6.07) is 33.8. The van der Waals surface area contributed by atoms with Crippen LogP contribution in [-0.4, -0.2) is 4.98 Å². The Kier molecular flexibility index (Phi) is 4.68. The van der Waals surface area contributed by atoms with Crippen LogP contribution < -0.4 is 10.2 Å². The number of nitrogens with one attached hydrogen (secondary N) is 1. The van der Waals surface area contributed by atoms with Gasteiger partial charge < -0.3 is 23.5 Å². The maximum Gasteiger partial charge on any atom is 0.138 e. The van der Waals surface area contributed by atoms with Crippen molar-refractivity contribution in [1.82, 2.24) is 10.3 Å². The van der Waals surface area contributed by atoms with Gasteiger partial charge in [0.2, 0.25) is 0 Å². The number of hydrogen-bond acceptors (Lipinski definition) is 6. The normalized spacial score (nSPS) is 13.0. The lowest BCUT2D eigenvalue weighted by Crippen LogP contribution is -2.10. The summed E-state index contributed by atoms with van der Waals surface area (Å²) in [7, 11) is 0. The molecular weight excluding hydrogens is 546 g/mol. The van der Waals surface area contributed by atoms with Crippen molar-refractivity contribution < 1.29 is 13.3 Å². The number of anilines is 3. The minimum Gasteiger partial charge on any atom is -0.456 e. The van der Waals surface area contributed by atoms with Gasteiger partial charge in [0, 0.05) is 86.8 Å². The van der Waals surface area contributed by atoms with E-state index in [-0.39, 0.29) is 0 Å². The van der Waals surface area contributed by atoms with Crippen molar-refractivity contribution in [1.29, 1.82) is 0 Å². The van der Waals surface area contributed by atoms with E-state index in [0.29, 0.717) is 0 Å². The molecule has 5 aromatic carbocycles. The van der Waals surface area contributed by atoms with Gasteiger partial charge in [0.05, 0.1) is 0 Å². The molecule has 4 aromatic heterocycles. The molecule has 0 amide bonds. The highest BCUT2D eigenvalue weighted by molar-refractivity contribution is 6.11. The number of furan rings is 3. The first-order chi connectivity index (χ1) is 21.8. The number of pyridine rings is 1. The Balaban J connectivity index is 1.20. The second kappa shape index (κ2) is 8.75. The molecule has 1 aliphatic rings. The fourth-order valence-corrected chi connectivity index (χ4v) is 6.69. The van der Waals surface area contributed by atoms with E-state index in [9.17, 15) is 0 Å². The topological polar surface area (TPSA) is 67.6 Å². The van der Waals surface area contributed by atoms with E-state index in [1.165, 1.54) is 10.9 Å². The maximum absolute atomic E-state index is 6.48. The molecule has 0 saturated heterocycles. The molecule has 208 valence electrons. The lowest BCUT2D eigenvalue weighted by atomic mass is 10.1. The third-order valence-electron chi connectivity index (χ3n) is 8.79. The summed E-state index contributed by atoms with van der Waals surface area (Å²) < 4.78 is 18.9. The van der Waals surface area contributed by atoms with Crippen LogP contribution in [0.5, 0.6) is 0 Å². The Bertz CT molecular complexity index is 2640. The molecule has 0 bridgehead atoms. The fraction of sp³-hybridized carbons (Fsp3) is 0.0263. The summed E-state index contributed by atoms with van der Waals surface area (Å²) in [6.07, 6.45) is 7.54. The van der Waals surface area contributed by atoms with Crippen molar-refractivity contribution in [2.24, 2.45) is 0 Å². The predicted molar refractivity (Wildman–Crippen MR) is 177 cm³/mol. The Hall–Kier alpha value is -6.01. The van der Waals surface area contributed by atoms with Crippen molar-refractivity contribution in [3.8, 4) is 0 Å². The predicted octanol–water partition coefficient (Wildman–Crippen LogP) is 10.3. The highest BCUT2D eigenvalue weighted by Gasteiger charge is 2.21. The van der Waals surface area contributed by atoms with E-state index >= 15 is 0 Å². The first-order valence-electron chi connectivity index (χ1n) is 14.6. The first-order valence-corrected chi connectivity index (χ1v) is 14.6. The molecule has 0 atom stereocenters. The molecule has 0 unspecified atom stereocenters. The Labute approximate surface area is 250 Å². The van der Waals surface area contributed by atoms with Gasteiger partial charge in [-0.05, 0) is 77.5 Å². The second-order valence-electron chi connectivity index (χ2n) is 11.3. The largest absolute Gasteiger partial charge is 0.456 e. The minimum absolute atomic E-state index is 0.748. The third kappa shape index (κ3) is 3.39. The van der Waals surface area contributed by atoms with Gasteiger partial charge in [-0.25, -0.2) is 0 Å². The highest BCUT2D eigenvalue weighted by atomic mass is 16.3. The van der Waals surface area contributed by atoms with Crippen LogP contribution in [0.25, 0.3) is 71.7 Å². The molecule has 10 rings (SSSR count). The minimum atomic E-state index is 0.748. The second-order valence-corrected chi connectivity index (χ2v) is 11.3. The zero-order valence-corrected chi connectivity index (χ0v) is 23.4. The van der Waals surface area contributed by atoms with Gasteiger partial charge in [0.1, 0.15) is 33.7 Å². The molecule has 0 radical (unpaired) electrons. The summed E-state index contributed by atoms with van der Waals surface area (Å²) in [5, 5.41) is 11.0. The molecule has 6 nitrogen and oxygen atoms in total. The van der Waals surface area contributed by atoms with Gasteiger partial charge in [-0.1, -0.05) is 24.3 Å². The number of fused-ring (bicyclic) bond motifs is 10. The molecule has 0 fully saturated rings. The molecule has 1 aliphatic heterocycles. The van der Waals surface area contributed by atoms with Crippen LogP contribution in [0.4, 0.5) is 17.1 Å². The van der Waals surface area contributed by atoms with Crippen LogP contribution in [-0.2, 0) is 6.54 Å². The molecule has 0 aliphatic carbocycles. The summed E-state index contributed by atoms with van der Waals surface area (Å²) in [5.41, 5.74) is 8.33. The number of benzene rings is 5. The smallest absolute Gasteiger partial charge is 0.138 e. The SMILES string of the molecule is C1=Cc2oc3cc(N(c4ccc5c(c4)oc4cc6ccccc6cc45)c4ccc5oc6ccncc6c5c4)ccc3c2CN1. The Morgan fingerprint density at radius 3 is 2.14 bits per heavy atom. The van der Waals surface area contributed by atoms with E-state index in [4.69, 9.17) is 13.3 Å². The molecular formula is C38H23N3O3. The number of nitrogens with zero attached hydrogens (tertiary/aromatic N) is 2. The van der Waals surface area contributed by atoms with E-state index < -0.39 is 0 Å². The van der Waals surface area contributed by atoms with Crippen molar-refractivity contribution >= 4 is 88.8 Å². The van der Waals surface area contributed by atoms with Crippen LogP contribution >= 0.6 is 0 Å². The van der Waals surface area contributed by atoms with E-state index in [2.05, 4.69) is 100 Å². The van der Waals surface area contributed by atoms with E-state index in [0.717, 1.165) is 89.6 Å². The van der Waals surface area contributed by atoms with Gasteiger partial charge in [0.25, 0.3) is 0 Å². The average Bonchev–Trinajstić information content (AvgIpc) is 3.74. The summed E-state index contributed by atoms with van der Waals surface area (Å²) in [6.45, 7) is 0.748. The summed E-state index contributed by atoms with van der Waals surface area (Å²) >= 11 is 0. The third-order valence-corrected chi connectivity index (χ3v) is 8.79. The van der Waals surface area contributed by atoms with Crippen LogP contribution in [0.1, 0.15) is 11.3 Å². The van der Waals surface area contributed by atoms with Crippen molar-refractivity contribution in [3.05, 3.63) is 127 Å². The first kappa shape index (κ1) is 23.5. The highest BCUT2D eigenvalue weighted by Crippen LogP contribution is 2.42. The molecule has 0 spiro atoms. The fourth-order valence-electron chi connectivity index (χ4n) is 6.69. The lowest BCUT2D eigenvalue weighted by Gasteiger charge is -2.25. The van der Waals surface area contributed by atoms with Gasteiger partial charge in [-0.15, -0.1) is 0 Å². The monoisotopic (exact) mass is 569 g/mol. The summed E-state index contributed by atoms with van der Waals surface area (Å²) in [4.78, 5) is 6.60. The maximum atomic E-state index is 6.48. The van der Waals surface area contributed by atoms with E-state index in [1.807, 2.05) is 30.6 Å². The number of hydrogen-bond donors (Lipinski definition) is 1. The Morgan fingerprint density at radius 2 is 1.25 bits per heavy atom. The molecule has 9 aromatic rings. The van der Waals surface area contributed by atoms with Gasteiger partial charge >= 0.3 is 0 Å². The average molecular weight is 570 g/mol. The zero-order valence-electron chi connectivity index (χ0n) is 23.4. The van der Waals surface area contributed by atoms with Gasteiger partial charge in [0.15, 0.2) is 0 Å². The standard InChI is InChI=1S/C38H23N3O3/c1-2-4-23-16-36-29(15-22(23)3-1)27-8-5-25(18-37(27)44-36)41(24-7-10-33-30(17-24)32-21-40-14-12-35(32)42-33)26-6-9-28-31-20-39-13-11-34(31)43-38(28)19-26/h1-19,21,39H,20H2. The van der Waals surface area contributed by atoms with E-state index in [1.54, 1.807) is 6.20 Å². The lowest BCUT2D eigenvalue weighted by molar-refractivity contribution is 0.592. The van der Waals surface area contributed by atoms with Crippen molar-refractivity contribution in [3.63, 3.8) is 0 Å². The zero-order chi connectivity index (χ0) is 28.8. The molecule has 44 heavy (non-hydrogen) atoms. The number of aromatic nitrogens is 1. The molecule has 6 heteroatoms. The van der Waals surface area contributed by atoms with Crippen LogP contribution in [0, 0.1) is 0 Å². The Morgan fingerprint density at radius 1 is 0.568 bits per heavy atom. The molecule has 5 heterocycles. The summed E-state index contributed by atoms with van der Waals surface area (Å²) in [5.74, 6) is 0.900. The van der Waals surface area contributed by atoms with Gasteiger partial charge in [-0.2, -0.15) is 0 Å². The van der Waals surface area contributed by atoms with Crippen LogP contribution in [0.15, 0.2) is 129 Å². The van der Waals surface area contributed by atoms with Crippen LogP contribution in [0.3, 0.4) is 0 Å². The molecule has 1 N–H and O–H groups in total. The van der Waals surface area contributed by atoms with Gasteiger partial charge in [-0.3, -0.25) is 4.98 Å².